The predicted molar refractivity (Wildman–Crippen MR) is 120 cm³/mol. The van der Waals surface area contributed by atoms with Gasteiger partial charge in [0.05, 0.1) is 5.92 Å². The lowest BCUT2D eigenvalue weighted by atomic mass is 9.97. The molecule has 1 aliphatic heterocycles. The molecule has 3 aliphatic rings. The quantitative estimate of drug-likeness (QED) is 0.558. The van der Waals surface area contributed by atoms with Gasteiger partial charge in [-0.2, -0.15) is 0 Å². The molecule has 2 saturated carbocycles. The van der Waals surface area contributed by atoms with Crippen molar-refractivity contribution in [3.63, 3.8) is 0 Å². The van der Waals surface area contributed by atoms with Crippen LogP contribution in [0, 0.1) is 11.8 Å². The van der Waals surface area contributed by atoms with Crippen LogP contribution in [-0.4, -0.2) is 48.5 Å². The second-order valence-electron chi connectivity index (χ2n) is 9.06. The van der Waals surface area contributed by atoms with Crippen molar-refractivity contribution in [2.75, 3.05) is 30.3 Å². The summed E-state index contributed by atoms with van der Waals surface area (Å²) in [4.78, 5) is 38.8. The zero-order valence-corrected chi connectivity index (χ0v) is 18.0. The molecule has 0 bridgehead atoms. The Kier molecular flexibility index (Phi) is 6.94. The van der Waals surface area contributed by atoms with E-state index in [0.29, 0.717) is 30.4 Å². The number of benzene rings is 1. The van der Waals surface area contributed by atoms with Gasteiger partial charge in [0.2, 0.25) is 5.91 Å². The van der Waals surface area contributed by atoms with Crippen LogP contribution in [0.25, 0.3) is 0 Å². The molecule has 8 heteroatoms. The largest absolute Gasteiger partial charge is 0.356 e. The van der Waals surface area contributed by atoms with Crippen LogP contribution in [0.2, 0.25) is 0 Å². The average Bonchev–Trinajstić information content (AvgIpc) is 3.48. The fourth-order valence-corrected chi connectivity index (χ4v) is 4.35. The summed E-state index contributed by atoms with van der Waals surface area (Å²) in [5, 5.41) is 11.8. The number of amides is 5. The molecular formula is C23H33N5O3. The average molecular weight is 428 g/mol. The highest BCUT2D eigenvalue weighted by Crippen LogP contribution is 2.28. The maximum Gasteiger partial charge on any atom is 0.321 e. The van der Waals surface area contributed by atoms with Gasteiger partial charge in [-0.3, -0.25) is 4.79 Å². The highest BCUT2D eigenvalue weighted by Gasteiger charge is 2.30. The van der Waals surface area contributed by atoms with E-state index in [0.717, 1.165) is 32.2 Å². The molecule has 1 saturated heterocycles. The lowest BCUT2D eigenvalue weighted by molar-refractivity contribution is -0.126. The minimum Gasteiger partial charge on any atom is -0.356 e. The lowest BCUT2D eigenvalue weighted by Crippen LogP contribution is -2.47. The van der Waals surface area contributed by atoms with Gasteiger partial charge in [-0.05, 0) is 68.7 Å². The molecule has 5 amide bonds. The van der Waals surface area contributed by atoms with Crippen molar-refractivity contribution in [2.45, 2.75) is 57.4 Å². The first-order chi connectivity index (χ1) is 15.1. The van der Waals surface area contributed by atoms with Crippen molar-refractivity contribution < 1.29 is 14.4 Å². The number of anilines is 2. The Morgan fingerprint density at radius 3 is 2.23 bits per heavy atom. The molecule has 3 fully saturated rings. The summed E-state index contributed by atoms with van der Waals surface area (Å²) in [6.45, 7) is 1.86. The van der Waals surface area contributed by atoms with E-state index in [1.54, 1.807) is 29.2 Å². The standard InChI is InChI=1S/C23H33N5O3/c29-21(24-14-16-7-8-16)17-4-3-13-28(15-17)23(31)27-20-11-9-19(10-12-20)26-22(30)25-18-5-1-2-6-18/h9-12,16-18H,1-8,13-15H2,(H,24,29)(H,27,31)(H2,25,26,30)/t17-/m1/s1. The number of rotatable bonds is 6. The molecule has 1 heterocycles. The van der Waals surface area contributed by atoms with Crippen molar-refractivity contribution in [1.29, 1.82) is 0 Å². The van der Waals surface area contributed by atoms with Crippen LogP contribution in [0.15, 0.2) is 24.3 Å². The van der Waals surface area contributed by atoms with Gasteiger partial charge in [-0.15, -0.1) is 0 Å². The highest BCUT2D eigenvalue weighted by atomic mass is 16.2. The minimum atomic E-state index is -0.195. The minimum absolute atomic E-state index is 0.0655. The van der Waals surface area contributed by atoms with Gasteiger partial charge in [-0.25, -0.2) is 9.59 Å². The summed E-state index contributed by atoms with van der Waals surface area (Å²) in [6, 6.07) is 6.97. The van der Waals surface area contributed by atoms with Gasteiger partial charge in [0.25, 0.3) is 0 Å². The number of piperidine rings is 1. The van der Waals surface area contributed by atoms with E-state index in [-0.39, 0.29) is 29.9 Å². The molecule has 1 aromatic carbocycles. The Balaban J connectivity index is 1.22. The Bertz CT molecular complexity index is 787. The number of likely N-dealkylation sites (tertiary alicyclic amines) is 1. The van der Waals surface area contributed by atoms with E-state index in [2.05, 4.69) is 21.3 Å². The molecule has 4 rings (SSSR count). The fraction of sp³-hybridized carbons (Fsp3) is 0.609. The van der Waals surface area contributed by atoms with E-state index in [9.17, 15) is 14.4 Å². The summed E-state index contributed by atoms with van der Waals surface area (Å²) in [7, 11) is 0. The molecule has 4 N–H and O–H groups in total. The normalized spacial score (nSPS) is 21.4. The van der Waals surface area contributed by atoms with Gasteiger partial charge in [0, 0.05) is 37.1 Å². The van der Waals surface area contributed by atoms with Crippen molar-refractivity contribution in [3.05, 3.63) is 24.3 Å². The predicted octanol–water partition coefficient (Wildman–Crippen LogP) is 3.52. The number of nitrogens with one attached hydrogen (secondary N) is 4. The molecule has 0 spiro atoms. The van der Waals surface area contributed by atoms with Crippen LogP contribution in [0.5, 0.6) is 0 Å². The van der Waals surface area contributed by atoms with E-state index >= 15 is 0 Å². The Morgan fingerprint density at radius 1 is 0.871 bits per heavy atom. The summed E-state index contributed by atoms with van der Waals surface area (Å²) >= 11 is 0. The van der Waals surface area contributed by atoms with Crippen LogP contribution in [0.3, 0.4) is 0 Å². The molecule has 0 aromatic heterocycles. The SMILES string of the molecule is O=C(Nc1ccc(NC(=O)N2CCC[C@@H](C(=O)NCC3CC3)C2)cc1)NC1CCCC1. The Hall–Kier alpha value is -2.77. The van der Waals surface area contributed by atoms with Crippen molar-refractivity contribution >= 4 is 29.3 Å². The zero-order valence-electron chi connectivity index (χ0n) is 18.0. The van der Waals surface area contributed by atoms with Crippen molar-refractivity contribution in [1.82, 2.24) is 15.5 Å². The Labute approximate surface area is 183 Å². The van der Waals surface area contributed by atoms with Crippen LogP contribution >= 0.6 is 0 Å². The van der Waals surface area contributed by atoms with Crippen molar-refractivity contribution in [3.8, 4) is 0 Å². The summed E-state index contributed by atoms with van der Waals surface area (Å²) in [5.41, 5.74) is 1.34. The third kappa shape index (κ3) is 6.35. The van der Waals surface area contributed by atoms with Gasteiger partial charge < -0.3 is 26.2 Å². The molecule has 1 aromatic rings. The van der Waals surface area contributed by atoms with E-state index < -0.39 is 0 Å². The first-order valence-corrected chi connectivity index (χ1v) is 11.6. The van der Waals surface area contributed by atoms with Crippen LogP contribution in [0.1, 0.15) is 51.4 Å². The maximum atomic E-state index is 12.7. The van der Waals surface area contributed by atoms with E-state index in [1.165, 1.54) is 25.7 Å². The first kappa shape index (κ1) is 21.5. The molecule has 2 aliphatic carbocycles. The molecule has 1 atom stereocenters. The molecule has 31 heavy (non-hydrogen) atoms. The van der Waals surface area contributed by atoms with Crippen molar-refractivity contribution in [2.24, 2.45) is 11.8 Å². The molecule has 168 valence electrons. The number of carbonyl (C=O) groups is 3. The summed E-state index contributed by atoms with van der Waals surface area (Å²) in [5.74, 6) is 0.581. The second kappa shape index (κ2) is 10.0. The smallest absolute Gasteiger partial charge is 0.321 e. The number of hydrogen-bond donors (Lipinski definition) is 4. The van der Waals surface area contributed by atoms with Crippen LogP contribution < -0.4 is 21.3 Å². The Morgan fingerprint density at radius 2 is 1.55 bits per heavy atom. The molecule has 0 radical (unpaired) electrons. The highest BCUT2D eigenvalue weighted by molar-refractivity contribution is 5.92. The van der Waals surface area contributed by atoms with Gasteiger partial charge in [0.1, 0.15) is 0 Å². The summed E-state index contributed by atoms with van der Waals surface area (Å²) in [6.07, 6.45) is 8.48. The van der Waals surface area contributed by atoms with Crippen LogP contribution in [0.4, 0.5) is 21.0 Å². The van der Waals surface area contributed by atoms with Gasteiger partial charge >= 0.3 is 12.1 Å². The lowest BCUT2D eigenvalue weighted by Gasteiger charge is -2.32. The zero-order chi connectivity index (χ0) is 21.6. The second-order valence-corrected chi connectivity index (χ2v) is 9.06. The van der Waals surface area contributed by atoms with Gasteiger partial charge in [-0.1, -0.05) is 12.8 Å². The first-order valence-electron chi connectivity index (χ1n) is 11.6. The molecule has 8 nitrogen and oxygen atoms in total. The van der Waals surface area contributed by atoms with Gasteiger partial charge in [0.15, 0.2) is 0 Å². The number of urea groups is 2. The maximum absolute atomic E-state index is 12.7. The van der Waals surface area contributed by atoms with Crippen LogP contribution in [-0.2, 0) is 4.79 Å². The third-order valence-corrected chi connectivity index (χ3v) is 6.43. The number of nitrogens with zero attached hydrogens (tertiary/aromatic N) is 1. The molecule has 0 unspecified atom stereocenters. The third-order valence-electron chi connectivity index (χ3n) is 6.43. The number of hydrogen-bond acceptors (Lipinski definition) is 3. The van der Waals surface area contributed by atoms with E-state index in [4.69, 9.17) is 0 Å². The fourth-order valence-electron chi connectivity index (χ4n) is 4.35. The monoisotopic (exact) mass is 427 g/mol. The number of carbonyl (C=O) groups excluding carboxylic acids is 3. The summed E-state index contributed by atoms with van der Waals surface area (Å²) < 4.78 is 0. The molecular weight excluding hydrogens is 394 g/mol. The van der Waals surface area contributed by atoms with E-state index in [1.807, 2.05) is 0 Å². The topological polar surface area (TPSA) is 103 Å².